The van der Waals surface area contributed by atoms with E-state index in [2.05, 4.69) is 202 Å². The first-order valence-corrected chi connectivity index (χ1v) is 17.5. The van der Waals surface area contributed by atoms with E-state index < -0.39 is 0 Å². The lowest BCUT2D eigenvalue weighted by Gasteiger charge is -2.11. The highest BCUT2D eigenvalue weighted by molar-refractivity contribution is 6.29. The maximum Gasteiger partial charge on any atom is 0.0548 e. The molecule has 3 nitrogen and oxygen atoms in total. The minimum absolute atomic E-state index is 1.15. The maximum absolute atomic E-state index is 2.43. The summed E-state index contributed by atoms with van der Waals surface area (Å²) in [6, 6.07) is 68.3. The number of rotatable bonds is 4. The number of nitrogens with zero attached hydrogens (tertiary/aromatic N) is 3. The van der Waals surface area contributed by atoms with Crippen molar-refractivity contribution in [2.24, 2.45) is 0 Å². The molecule has 51 heavy (non-hydrogen) atoms. The molecule has 0 unspecified atom stereocenters. The Balaban J connectivity index is 1.09. The summed E-state index contributed by atoms with van der Waals surface area (Å²) in [7, 11) is 0. The van der Waals surface area contributed by atoms with Crippen molar-refractivity contribution >= 4 is 65.4 Å². The van der Waals surface area contributed by atoms with Gasteiger partial charge in [0.05, 0.1) is 33.1 Å². The van der Waals surface area contributed by atoms with Crippen LogP contribution in [-0.2, 0) is 0 Å². The largest absolute Gasteiger partial charge is 0.309 e. The Morgan fingerprint density at radius 1 is 0.235 bits per heavy atom. The fourth-order valence-corrected chi connectivity index (χ4v) is 8.46. The van der Waals surface area contributed by atoms with Gasteiger partial charge in [-0.3, -0.25) is 0 Å². The SMILES string of the molecule is c1ccc(-n2c3ccccc3c3cc(-c4ccc(-n5c6ccccc6c6c7c8ccccc8n(-c8ccccc8)c7ccc65)cc4)ccc32)cc1. The van der Waals surface area contributed by atoms with Crippen molar-refractivity contribution in [2.45, 2.75) is 0 Å². The van der Waals surface area contributed by atoms with Gasteiger partial charge in [-0.15, -0.1) is 0 Å². The first kappa shape index (κ1) is 28.0. The highest BCUT2D eigenvalue weighted by atomic mass is 15.0. The second kappa shape index (κ2) is 10.8. The zero-order valence-corrected chi connectivity index (χ0v) is 27.7. The van der Waals surface area contributed by atoms with E-state index in [4.69, 9.17) is 0 Å². The van der Waals surface area contributed by atoms with E-state index in [1.165, 1.54) is 87.9 Å². The number of benzene rings is 8. The van der Waals surface area contributed by atoms with Gasteiger partial charge in [-0.25, -0.2) is 0 Å². The van der Waals surface area contributed by atoms with Crippen molar-refractivity contribution in [3.63, 3.8) is 0 Å². The third kappa shape index (κ3) is 4.06. The molecule has 3 aromatic heterocycles. The quantitative estimate of drug-likeness (QED) is 0.180. The first-order valence-electron chi connectivity index (χ1n) is 17.5. The molecule has 0 N–H and O–H groups in total. The number of fused-ring (bicyclic) bond motifs is 10. The van der Waals surface area contributed by atoms with E-state index in [-0.39, 0.29) is 0 Å². The van der Waals surface area contributed by atoms with E-state index in [1.807, 2.05) is 0 Å². The molecular weight excluding hydrogens is 619 g/mol. The van der Waals surface area contributed by atoms with Crippen molar-refractivity contribution in [3.05, 3.63) is 188 Å². The van der Waals surface area contributed by atoms with Crippen LogP contribution in [0.2, 0.25) is 0 Å². The third-order valence-corrected chi connectivity index (χ3v) is 10.6. The summed E-state index contributed by atoms with van der Waals surface area (Å²) in [6.07, 6.45) is 0. The van der Waals surface area contributed by atoms with Crippen molar-refractivity contribution in [1.29, 1.82) is 0 Å². The third-order valence-electron chi connectivity index (χ3n) is 10.6. The van der Waals surface area contributed by atoms with Gasteiger partial charge in [-0.05, 0) is 90.0 Å². The van der Waals surface area contributed by atoms with Crippen LogP contribution in [0.5, 0.6) is 0 Å². The number of hydrogen-bond acceptors (Lipinski definition) is 0. The summed E-state index contributed by atoms with van der Waals surface area (Å²) in [5.41, 5.74) is 13.2. The van der Waals surface area contributed by atoms with Gasteiger partial charge in [0.1, 0.15) is 0 Å². The predicted octanol–water partition coefficient (Wildman–Crippen LogP) is 12.6. The lowest BCUT2D eigenvalue weighted by molar-refractivity contribution is 1.17. The van der Waals surface area contributed by atoms with Crippen molar-refractivity contribution < 1.29 is 0 Å². The molecular formula is C48H31N3. The summed E-state index contributed by atoms with van der Waals surface area (Å²) in [6.45, 7) is 0. The van der Waals surface area contributed by atoms with Gasteiger partial charge in [0.2, 0.25) is 0 Å². The number of aromatic nitrogens is 3. The second-order valence-electron chi connectivity index (χ2n) is 13.4. The highest BCUT2D eigenvalue weighted by Gasteiger charge is 2.20. The fraction of sp³-hybridized carbons (Fsp3) is 0. The number of para-hydroxylation sites is 5. The molecule has 0 saturated carbocycles. The molecule has 0 spiro atoms. The summed E-state index contributed by atoms with van der Waals surface area (Å²) in [5, 5.41) is 7.64. The van der Waals surface area contributed by atoms with E-state index in [9.17, 15) is 0 Å². The normalized spacial score (nSPS) is 11.9. The molecule has 0 saturated heterocycles. The topological polar surface area (TPSA) is 14.8 Å². The maximum atomic E-state index is 2.43. The molecule has 11 rings (SSSR count). The lowest BCUT2D eigenvalue weighted by Crippen LogP contribution is -1.95. The number of hydrogen-bond donors (Lipinski definition) is 0. The molecule has 0 bridgehead atoms. The summed E-state index contributed by atoms with van der Waals surface area (Å²) in [4.78, 5) is 0. The minimum atomic E-state index is 1.15. The average molecular weight is 650 g/mol. The minimum Gasteiger partial charge on any atom is -0.309 e. The Hall–Kier alpha value is -6.84. The zero-order chi connectivity index (χ0) is 33.5. The van der Waals surface area contributed by atoms with Gasteiger partial charge in [0.25, 0.3) is 0 Å². The molecule has 0 amide bonds. The van der Waals surface area contributed by atoms with Crippen LogP contribution < -0.4 is 0 Å². The standard InChI is InChI=1S/C48H31N3/c1-3-13-34(14-4-1)49-41-20-10-7-17-37(41)40-31-33(25-28-44(40)49)32-23-26-36(27-24-32)51-43-22-12-9-19-39(43)48-46(51)30-29-45-47(48)38-18-8-11-21-42(38)50(45)35-15-5-2-6-16-35/h1-31H. The predicted molar refractivity (Wildman–Crippen MR) is 215 cm³/mol. The van der Waals surface area contributed by atoms with Crippen molar-refractivity contribution in [3.8, 4) is 28.2 Å². The van der Waals surface area contributed by atoms with Gasteiger partial charge in [0.15, 0.2) is 0 Å². The van der Waals surface area contributed by atoms with Gasteiger partial charge in [0, 0.05) is 49.4 Å². The van der Waals surface area contributed by atoms with Crippen LogP contribution in [0.3, 0.4) is 0 Å². The van der Waals surface area contributed by atoms with E-state index in [0.29, 0.717) is 0 Å². The molecule has 0 aliphatic rings. The van der Waals surface area contributed by atoms with E-state index in [0.717, 1.165) is 5.69 Å². The summed E-state index contributed by atoms with van der Waals surface area (Å²) < 4.78 is 7.20. The van der Waals surface area contributed by atoms with Crippen LogP contribution in [0.1, 0.15) is 0 Å². The fourth-order valence-electron chi connectivity index (χ4n) is 8.46. The molecule has 0 aliphatic heterocycles. The highest BCUT2D eigenvalue weighted by Crippen LogP contribution is 2.42. The monoisotopic (exact) mass is 649 g/mol. The molecule has 238 valence electrons. The molecule has 0 atom stereocenters. The lowest BCUT2D eigenvalue weighted by atomic mass is 10.0. The van der Waals surface area contributed by atoms with Crippen LogP contribution in [0.15, 0.2) is 188 Å². The molecule has 11 aromatic rings. The Bertz CT molecular complexity index is 3110. The van der Waals surface area contributed by atoms with E-state index in [1.54, 1.807) is 0 Å². The van der Waals surface area contributed by atoms with Gasteiger partial charge in [-0.1, -0.05) is 109 Å². The average Bonchev–Trinajstić information content (AvgIpc) is 3.84. The smallest absolute Gasteiger partial charge is 0.0548 e. The summed E-state index contributed by atoms with van der Waals surface area (Å²) in [5.74, 6) is 0. The molecule has 0 radical (unpaired) electrons. The summed E-state index contributed by atoms with van der Waals surface area (Å²) >= 11 is 0. The van der Waals surface area contributed by atoms with Gasteiger partial charge >= 0.3 is 0 Å². The van der Waals surface area contributed by atoms with Gasteiger partial charge in [-0.2, -0.15) is 0 Å². The molecule has 0 aliphatic carbocycles. The zero-order valence-electron chi connectivity index (χ0n) is 27.7. The van der Waals surface area contributed by atoms with Crippen LogP contribution >= 0.6 is 0 Å². The van der Waals surface area contributed by atoms with Crippen molar-refractivity contribution in [1.82, 2.24) is 13.7 Å². The van der Waals surface area contributed by atoms with Crippen LogP contribution in [0.25, 0.3) is 93.6 Å². The Kier molecular flexibility index (Phi) is 5.96. The molecule has 3 heterocycles. The Labute approximate surface area is 294 Å². The van der Waals surface area contributed by atoms with E-state index >= 15 is 0 Å². The molecule has 0 fully saturated rings. The second-order valence-corrected chi connectivity index (χ2v) is 13.4. The Morgan fingerprint density at radius 2 is 0.608 bits per heavy atom. The molecule has 8 aromatic carbocycles. The molecule has 3 heteroatoms. The first-order chi connectivity index (χ1) is 25.3. The Morgan fingerprint density at radius 3 is 1.16 bits per heavy atom. The van der Waals surface area contributed by atoms with Crippen LogP contribution in [0.4, 0.5) is 0 Å². The van der Waals surface area contributed by atoms with Gasteiger partial charge < -0.3 is 13.7 Å². The van der Waals surface area contributed by atoms with Crippen LogP contribution in [0, 0.1) is 0 Å². The van der Waals surface area contributed by atoms with Crippen molar-refractivity contribution in [2.75, 3.05) is 0 Å². The van der Waals surface area contributed by atoms with Crippen LogP contribution in [-0.4, -0.2) is 13.7 Å².